The summed E-state index contributed by atoms with van der Waals surface area (Å²) in [6.07, 6.45) is 3.01. The van der Waals surface area contributed by atoms with Gasteiger partial charge in [-0.1, -0.05) is 31.0 Å². The summed E-state index contributed by atoms with van der Waals surface area (Å²) >= 11 is 6.21. The summed E-state index contributed by atoms with van der Waals surface area (Å²) < 4.78 is 27.5. The molecule has 0 saturated carbocycles. The molecular weight excluding hydrogens is 438 g/mol. The Kier molecular flexibility index (Phi) is 7.35. The Morgan fingerprint density at radius 3 is 2.42 bits per heavy atom. The molecule has 0 unspecified atom stereocenters. The van der Waals surface area contributed by atoms with E-state index in [1.165, 1.54) is 16.4 Å². The SMILES string of the molecule is CCC(=O)Nc1ccc(Cl)c(NC(=O)c2cc(S(=O)(=O)N3CCCCC3)ccc2C)c1. The largest absolute Gasteiger partial charge is 0.326 e. The molecule has 31 heavy (non-hydrogen) atoms. The Labute approximate surface area is 187 Å². The molecule has 1 aliphatic heterocycles. The molecule has 0 spiro atoms. The number of hydrogen-bond donors (Lipinski definition) is 2. The maximum Gasteiger partial charge on any atom is 0.256 e. The lowest BCUT2D eigenvalue weighted by Gasteiger charge is -2.26. The monoisotopic (exact) mass is 463 g/mol. The number of carbonyl (C=O) groups is 2. The molecule has 3 rings (SSSR count). The maximum atomic E-state index is 13.0. The number of piperidine rings is 1. The van der Waals surface area contributed by atoms with E-state index < -0.39 is 15.9 Å². The van der Waals surface area contributed by atoms with Crippen LogP contribution in [-0.2, 0) is 14.8 Å². The van der Waals surface area contributed by atoms with Crippen molar-refractivity contribution in [3.8, 4) is 0 Å². The van der Waals surface area contributed by atoms with Gasteiger partial charge in [-0.3, -0.25) is 9.59 Å². The van der Waals surface area contributed by atoms with E-state index in [9.17, 15) is 18.0 Å². The minimum atomic E-state index is -3.66. The van der Waals surface area contributed by atoms with Gasteiger partial charge in [0.1, 0.15) is 0 Å². The summed E-state index contributed by atoms with van der Waals surface area (Å²) in [5.41, 5.74) is 1.72. The molecule has 2 amide bonds. The normalized spacial score (nSPS) is 14.8. The molecule has 1 fully saturated rings. The standard InChI is InChI=1S/C22H26ClN3O4S/c1-3-21(27)24-16-8-10-19(23)20(13-16)25-22(28)18-14-17(9-7-15(18)2)31(29,30)26-11-5-4-6-12-26/h7-10,13-14H,3-6,11-12H2,1-2H3,(H,24,27)(H,25,28). The van der Waals surface area contributed by atoms with E-state index in [4.69, 9.17) is 11.6 Å². The van der Waals surface area contributed by atoms with Crippen molar-refractivity contribution in [1.82, 2.24) is 4.31 Å². The summed E-state index contributed by atoms with van der Waals surface area (Å²) in [6.45, 7) is 4.46. The summed E-state index contributed by atoms with van der Waals surface area (Å²) in [5.74, 6) is -0.639. The van der Waals surface area contributed by atoms with Crippen molar-refractivity contribution in [2.45, 2.75) is 44.4 Å². The average molecular weight is 464 g/mol. The zero-order valence-corrected chi connectivity index (χ0v) is 19.1. The Morgan fingerprint density at radius 1 is 1.03 bits per heavy atom. The van der Waals surface area contributed by atoms with Crippen LogP contribution in [0.4, 0.5) is 11.4 Å². The molecule has 1 saturated heterocycles. The highest BCUT2D eigenvalue weighted by Crippen LogP contribution is 2.28. The van der Waals surface area contributed by atoms with Crippen LogP contribution < -0.4 is 10.6 Å². The zero-order chi connectivity index (χ0) is 22.6. The Balaban J connectivity index is 1.86. The highest BCUT2D eigenvalue weighted by Gasteiger charge is 2.27. The van der Waals surface area contributed by atoms with Crippen molar-refractivity contribution in [3.63, 3.8) is 0 Å². The number of nitrogens with zero attached hydrogens (tertiary/aromatic N) is 1. The number of carbonyl (C=O) groups excluding carboxylic acids is 2. The van der Waals surface area contributed by atoms with Gasteiger partial charge in [-0.2, -0.15) is 4.31 Å². The lowest BCUT2D eigenvalue weighted by Crippen LogP contribution is -2.35. The van der Waals surface area contributed by atoms with E-state index in [-0.39, 0.29) is 16.4 Å². The molecule has 1 aliphatic rings. The van der Waals surface area contributed by atoms with Gasteiger partial charge in [0.15, 0.2) is 0 Å². The Morgan fingerprint density at radius 2 is 1.74 bits per heavy atom. The van der Waals surface area contributed by atoms with Gasteiger partial charge in [0.2, 0.25) is 15.9 Å². The quantitative estimate of drug-likeness (QED) is 0.662. The van der Waals surface area contributed by atoms with E-state index in [1.54, 1.807) is 38.1 Å². The lowest BCUT2D eigenvalue weighted by atomic mass is 10.1. The van der Waals surface area contributed by atoms with Gasteiger partial charge in [0.25, 0.3) is 5.91 Å². The third-order valence-electron chi connectivity index (χ3n) is 5.23. The zero-order valence-electron chi connectivity index (χ0n) is 17.6. The number of benzene rings is 2. The number of anilines is 2. The number of aryl methyl sites for hydroxylation is 1. The van der Waals surface area contributed by atoms with Gasteiger partial charge in [-0.15, -0.1) is 0 Å². The number of nitrogens with one attached hydrogen (secondary N) is 2. The van der Waals surface area contributed by atoms with Crippen LogP contribution in [0.5, 0.6) is 0 Å². The van der Waals surface area contributed by atoms with E-state index in [1.807, 2.05) is 0 Å². The van der Waals surface area contributed by atoms with Gasteiger partial charge < -0.3 is 10.6 Å². The summed E-state index contributed by atoms with van der Waals surface area (Å²) in [6, 6.07) is 9.35. The first kappa shape index (κ1) is 23.2. The van der Waals surface area contributed by atoms with E-state index in [0.29, 0.717) is 41.5 Å². The van der Waals surface area contributed by atoms with Crippen LogP contribution in [0, 0.1) is 6.92 Å². The predicted molar refractivity (Wildman–Crippen MR) is 122 cm³/mol. The maximum absolute atomic E-state index is 13.0. The molecule has 2 N–H and O–H groups in total. The van der Waals surface area contributed by atoms with Crippen LogP contribution in [0.1, 0.15) is 48.5 Å². The summed E-state index contributed by atoms with van der Waals surface area (Å²) in [5, 5.41) is 5.75. The summed E-state index contributed by atoms with van der Waals surface area (Å²) in [7, 11) is -3.66. The van der Waals surface area contributed by atoms with Gasteiger partial charge in [0.05, 0.1) is 15.6 Å². The van der Waals surface area contributed by atoms with E-state index in [0.717, 1.165) is 19.3 Å². The van der Waals surface area contributed by atoms with Crippen LogP contribution in [0.3, 0.4) is 0 Å². The molecule has 7 nitrogen and oxygen atoms in total. The van der Waals surface area contributed by atoms with Crippen LogP contribution in [0.15, 0.2) is 41.3 Å². The number of hydrogen-bond acceptors (Lipinski definition) is 4. The minimum absolute atomic E-state index is 0.0974. The van der Waals surface area contributed by atoms with Crippen LogP contribution in [0.2, 0.25) is 5.02 Å². The second-order valence-corrected chi connectivity index (χ2v) is 9.84. The molecule has 1 heterocycles. The molecule has 166 valence electrons. The van der Waals surface area contributed by atoms with Crippen LogP contribution >= 0.6 is 11.6 Å². The highest BCUT2D eigenvalue weighted by atomic mass is 35.5. The third kappa shape index (κ3) is 5.44. The van der Waals surface area contributed by atoms with Gasteiger partial charge in [0, 0.05) is 30.8 Å². The molecule has 2 aromatic rings. The molecule has 2 aromatic carbocycles. The van der Waals surface area contributed by atoms with Crippen molar-refractivity contribution >= 4 is 44.8 Å². The fourth-order valence-electron chi connectivity index (χ4n) is 3.40. The first-order chi connectivity index (χ1) is 14.7. The third-order valence-corrected chi connectivity index (χ3v) is 7.45. The molecular formula is C22H26ClN3O4S. The predicted octanol–water partition coefficient (Wildman–Crippen LogP) is 4.42. The molecule has 0 aliphatic carbocycles. The fourth-order valence-corrected chi connectivity index (χ4v) is 5.11. The number of sulfonamides is 1. The van der Waals surface area contributed by atoms with Gasteiger partial charge >= 0.3 is 0 Å². The summed E-state index contributed by atoms with van der Waals surface area (Å²) in [4.78, 5) is 24.7. The van der Waals surface area contributed by atoms with Crippen molar-refractivity contribution in [2.75, 3.05) is 23.7 Å². The molecule has 0 radical (unpaired) electrons. The van der Waals surface area contributed by atoms with Crippen LogP contribution in [0.25, 0.3) is 0 Å². The minimum Gasteiger partial charge on any atom is -0.326 e. The van der Waals surface area contributed by atoms with Crippen molar-refractivity contribution in [3.05, 3.63) is 52.5 Å². The molecule has 0 bridgehead atoms. The van der Waals surface area contributed by atoms with E-state index >= 15 is 0 Å². The lowest BCUT2D eigenvalue weighted by molar-refractivity contribution is -0.115. The second-order valence-electron chi connectivity index (χ2n) is 7.49. The van der Waals surface area contributed by atoms with Crippen LogP contribution in [-0.4, -0.2) is 37.6 Å². The molecule has 0 aromatic heterocycles. The second kappa shape index (κ2) is 9.80. The number of amides is 2. The fraction of sp³-hybridized carbons (Fsp3) is 0.364. The van der Waals surface area contributed by atoms with Gasteiger partial charge in [-0.05, 0) is 55.7 Å². The Bertz CT molecular complexity index is 1100. The van der Waals surface area contributed by atoms with E-state index in [2.05, 4.69) is 10.6 Å². The number of rotatable bonds is 6. The molecule has 9 heteroatoms. The van der Waals surface area contributed by atoms with Crippen molar-refractivity contribution < 1.29 is 18.0 Å². The smallest absolute Gasteiger partial charge is 0.256 e. The van der Waals surface area contributed by atoms with Crippen molar-refractivity contribution in [1.29, 1.82) is 0 Å². The van der Waals surface area contributed by atoms with Crippen molar-refractivity contribution in [2.24, 2.45) is 0 Å². The highest BCUT2D eigenvalue weighted by molar-refractivity contribution is 7.89. The Hall–Kier alpha value is -2.42. The average Bonchev–Trinajstić information content (AvgIpc) is 2.76. The first-order valence-electron chi connectivity index (χ1n) is 10.2. The topological polar surface area (TPSA) is 95.6 Å². The van der Waals surface area contributed by atoms with Gasteiger partial charge in [-0.25, -0.2) is 8.42 Å². The number of halogens is 1. The molecule has 0 atom stereocenters. The first-order valence-corrected chi connectivity index (χ1v) is 12.1.